The summed E-state index contributed by atoms with van der Waals surface area (Å²) >= 11 is 25.1. The highest BCUT2D eigenvalue weighted by Crippen LogP contribution is 2.49. The third kappa shape index (κ3) is 12.5. The topological polar surface area (TPSA) is 43.4 Å². The van der Waals surface area contributed by atoms with Crippen molar-refractivity contribution in [2.75, 3.05) is 0 Å². The van der Waals surface area contributed by atoms with Gasteiger partial charge in [-0.1, -0.05) is 122 Å². The number of fused-ring (bicyclic) bond motifs is 2. The van der Waals surface area contributed by atoms with Gasteiger partial charge in [0.1, 0.15) is 16.1 Å². The van der Waals surface area contributed by atoms with Crippen LogP contribution in [0.2, 0.25) is 59.4 Å². The van der Waals surface area contributed by atoms with Crippen LogP contribution in [0.3, 0.4) is 0 Å². The number of rotatable bonds is 2. The second-order valence-corrected chi connectivity index (χ2v) is 30.5. The molecule has 4 rings (SSSR count). The third-order valence-corrected chi connectivity index (χ3v) is 14.8. The number of alkyl halides is 12. The average molecular weight is 1010 g/mol. The molecule has 60 heavy (non-hydrogen) atoms. The molecule has 0 amide bonds. The van der Waals surface area contributed by atoms with E-state index in [1.807, 2.05) is 24.3 Å². The van der Waals surface area contributed by atoms with E-state index in [9.17, 15) is 61.1 Å². The van der Waals surface area contributed by atoms with Gasteiger partial charge in [0.2, 0.25) is 0 Å². The predicted molar refractivity (Wildman–Crippen MR) is 221 cm³/mol. The number of hydrogen-bond donors (Lipinski definition) is 0. The van der Waals surface area contributed by atoms with Crippen molar-refractivity contribution >= 4 is 102 Å². The molecular weight excluding hydrogens is 979 g/mol. The number of aryl methyl sites for hydroxylation is 1. The molecule has 0 aliphatic carbocycles. The zero-order valence-corrected chi connectivity index (χ0v) is 38.7. The maximum atomic E-state index is 12.3. The summed E-state index contributed by atoms with van der Waals surface area (Å²) in [5, 5.41) is 4.10. The van der Waals surface area contributed by atoms with Crippen LogP contribution in [0.5, 0.6) is 5.75 Å². The maximum absolute atomic E-state index is 12.3. The van der Waals surface area contributed by atoms with Crippen LogP contribution in [-0.4, -0.2) is 55.5 Å². The SMILES string of the molecule is C#C[Si](C(F)(F)F)(C(F)(F)F)C(F)(F)F.C[Si](C)(C)C#Cc1ccc2c(Cl)c(C#C[Si](C)(C)C)ccc2c1Cl.Cc1ccc2c(Cl)c(OS(=O)(=O)C(F)(F)F)ccc2c1Cl. The summed E-state index contributed by atoms with van der Waals surface area (Å²) in [5.41, 5.74) is 3.56. The molecule has 0 fully saturated rings. The molecule has 0 atom stereocenters. The molecule has 4 aromatic carbocycles. The second kappa shape index (κ2) is 18.6. The van der Waals surface area contributed by atoms with Crippen molar-refractivity contribution in [1.29, 1.82) is 0 Å². The van der Waals surface area contributed by atoms with Gasteiger partial charge in [0.15, 0.2) is 5.75 Å². The minimum Gasteiger partial charge on any atom is -0.374 e. The fraction of sp³-hybridized carbons (Fsp3) is 0.297. The van der Waals surface area contributed by atoms with Crippen LogP contribution in [-0.2, 0) is 10.1 Å². The van der Waals surface area contributed by atoms with E-state index in [0.29, 0.717) is 25.8 Å². The van der Waals surface area contributed by atoms with Crippen molar-refractivity contribution in [3.05, 3.63) is 85.3 Å². The molecular formula is C37H30Cl4F12O3SSi3. The minimum atomic E-state index is -7.85. The lowest BCUT2D eigenvalue weighted by molar-refractivity contribution is -0.158. The molecule has 23 heteroatoms. The van der Waals surface area contributed by atoms with Gasteiger partial charge in [0, 0.05) is 32.7 Å². The van der Waals surface area contributed by atoms with Crippen molar-refractivity contribution in [2.45, 2.75) is 69.1 Å². The Bertz CT molecular complexity index is 2440. The first-order valence-electron chi connectivity index (χ1n) is 16.4. The van der Waals surface area contributed by atoms with Crippen LogP contribution in [0.15, 0.2) is 48.5 Å². The lowest BCUT2D eigenvalue weighted by Crippen LogP contribution is -2.71. The van der Waals surface area contributed by atoms with Gasteiger partial charge in [-0.15, -0.1) is 23.1 Å². The molecule has 3 nitrogen and oxygen atoms in total. The van der Waals surface area contributed by atoms with Gasteiger partial charge in [-0.2, -0.15) is 61.1 Å². The number of hydrogen-bond acceptors (Lipinski definition) is 3. The van der Waals surface area contributed by atoms with Gasteiger partial charge >= 0.3 is 41.1 Å². The van der Waals surface area contributed by atoms with Gasteiger partial charge in [-0.3, -0.25) is 0 Å². The Morgan fingerprint density at radius 3 is 1.20 bits per heavy atom. The molecule has 0 aliphatic heterocycles. The number of benzene rings is 4. The second-order valence-electron chi connectivity index (χ2n) is 14.5. The van der Waals surface area contributed by atoms with Crippen LogP contribution >= 0.6 is 46.4 Å². The maximum Gasteiger partial charge on any atom is 0.534 e. The molecule has 0 aliphatic rings. The Kier molecular flexibility index (Phi) is 16.5. The Labute approximate surface area is 360 Å². The zero-order valence-electron chi connectivity index (χ0n) is 31.9. The Balaban J connectivity index is 0.000000319. The standard InChI is InChI=1S/C20H22Cl2Si2.C12H7Cl2F3O3S.C5HF9Si/c1-23(2,3)13-11-15-7-9-18-17(19(15)21)10-8-16(20(18)22)12-14-24(4,5)6;1-6-2-3-8-7(10(6)13)4-5-9(11(8)14)20-21(18,19)12(15,16)17;1-2-15(3(6,7)8,4(9,10)11)5(12,13)14/h7-10H,1-6H3;2-5H,1H3;1H. The molecule has 0 heterocycles. The van der Waals surface area contributed by atoms with E-state index in [1.165, 1.54) is 12.1 Å². The fourth-order valence-corrected chi connectivity index (χ4v) is 8.45. The first-order chi connectivity index (χ1) is 26.8. The quantitative estimate of drug-likeness (QED) is 0.0661. The predicted octanol–water partition coefficient (Wildman–Crippen LogP) is 14.2. The van der Waals surface area contributed by atoms with E-state index in [-0.39, 0.29) is 10.6 Å². The molecule has 326 valence electrons. The molecule has 0 N–H and O–H groups in total. The highest BCUT2D eigenvalue weighted by molar-refractivity contribution is 7.88. The highest BCUT2D eigenvalue weighted by Gasteiger charge is 2.87. The lowest BCUT2D eigenvalue weighted by atomic mass is 10.0. The van der Waals surface area contributed by atoms with Crippen LogP contribution in [0.1, 0.15) is 16.7 Å². The molecule has 0 unspecified atom stereocenters. The largest absolute Gasteiger partial charge is 0.534 e. The smallest absolute Gasteiger partial charge is 0.374 e. The van der Waals surface area contributed by atoms with E-state index in [2.05, 4.69) is 72.8 Å². The molecule has 0 spiro atoms. The molecule has 0 bridgehead atoms. The van der Waals surface area contributed by atoms with E-state index < -0.39 is 63.0 Å². The van der Waals surface area contributed by atoms with E-state index >= 15 is 0 Å². The van der Waals surface area contributed by atoms with Gasteiger partial charge < -0.3 is 4.18 Å². The molecule has 4 aromatic rings. The Morgan fingerprint density at radius 2 is 0.883 bits per heavy atom. The van der Waals surface area contributed by atoms with Gasteiger partial charge in [-0.05, 0) is 36.8 Å². The van der Waals surface area contributed by atoms with Crippen LogP contribution in [0.25, 0.3) is 21.5 Å². The summed E-state index contributed by atoms with van der Waals surface area (Å²) in [6, 6.07) is 13.4. The summed E-state index contributed by atoms with van der Waals surface area (Å²) < 4.78 is 170. The van der Waals surface area contributed by atoms with Crippen molar-refractivity contribution in [3.63, 3.8) is 0 Å². The Morgan fingerprint density at radius 1 is 0.550 bits per heavy atom. The van der Waals surface area contributed by atoms with Gasteiger partial charge in [-0.25, -0.2) is 0 Å². The molecule has 0 saturated carbocycles. The first-order valence-corrected chi connectivity index (χ1v) is 28.3. The average Bonchev–Trinajstić information content (AvgIpc) is 3.05. The minimum absolute atomic E-state index is 0.101. The number of terminal acetylenes is 1. The normalized spacial score (nSPS) is 12.8. The summed E-state index contributed by atoms with van der Waals surface area (Å²) in [7, 11) is -16.5. The first kappa shape index (κ1) is 52.9. The monoisotopic (exact) mass is 1010 g/mol. The lowest BCUT2D eigenvalue weighted by Gasteiger charge is -2.31. The van der Waals surface area contributed by atoms with E-state index in [4.69, 9.17) is 46.4 Å². The van der Waals surface area contributed by atoms with Crippen LogP contribution in [0, 0.1) is 41.8 Å². The molecule has 0 saturated heterocycles. The Hall–Kier alpha value is -3.20. The zero-order chi connectivity index (χ0) is 46.8. The fourth-order valence-electron chi connectivity index (χ4n) is 4.41. The summed E-state index contributed by atoms with van der Waals surface area (Å²) in [6.07, 6.45) is 3.82. The summed E-state index contributed by atoms with van der Waals surface area (Å²) in [5.74, 6) is -13.7. The van der Waals surface area contributed by atoms with Gasteiger partial charge in [0.25, 0.3) is 0 Å². The van der Waals surface area contributed by atoms with Crippen molar-refractivity contribution in [3.8, 4) is 40.6 Å². The summed E-state index contributed by atoms with van der Waals surface area (Å²) in [4.78, 5) is 0. The van der Waals surface area contributed by atoms with Gasteiger partial charge in [0.05, 0.1) is 20.1 Å². The van der Waals surface area contributed by atoms with Crippen LogP contribution < -0.4 is 4.18 Å². The highest BCUT2D eigenvalue weighted by atomic mass is 35.5. The molecule has 0 radical (unpaired) electrons. The van der Waals surface area contributed by atoms with Crippen molar-refractivity contribution < 1.29 is 65.3 Å². The number of halogens is 16. The van der Waals surface area contributed by atoms with E-state index in [0.717, 1.165) is 33.5 Å². The summed E-state index contributed by atoms with van der Waals surface area (Å²) in [6.45, 7) is 15.0. The van der Waals surface area contributed by atoms with Crippen molar-refractivity contribution in [2.24, 2.45) is 0 Å². The van der Waals surface area contributed by atoms with Crippen molar-refractivity contribution in [1.82, 2.24) is 0 Å². The molecule has 0 aromatic heterocycles. The van der Waals surface area contributed by atoms with Crippen LogP contribution in [0.4, 0.5) is 52.7 Å². The van der Waals surface area contributed by atoms with E-state index in [1.54, 1.807) is 13.0 Å². The third-order valence-electron chi connectivity index (χ3n) is 7.42.